The molecule has 4 N–H and O–H groups in total. The Morgan fingerprint density at radius 3 is 2.44 bits per heavy atom. The summed E-state index contributed by atoms with van der Waals surface area (Å²) >= 11 is 0. The highest BCUT2D eigenvalue weighted by Crippen LogP contribution is 2.21. The Hall–Kier alpha value is -0.730. The summed E-state index contributed by atoms with van der Waals surface area (Å²) < 4.78 is 9.99. The molecule has 16 heavy (non-hydrogen) atoms. The van der Waals surface area contributed by atoms with Crippen LogP contribution in [0.15, 0.2) is 0 Å². The summed E-state index contributed by atoms with van der Waals surface area (Å²) in [6.07, 6.45) is -5.77. The van der Waals surface area contributed by atoms with E-state index in [4.69, 9.17) is 9.47 Å². The van der Waals surface area contributed by atoms with E-state index in [2.05, 4.69) is 5.32 Å². The first-order valence-electron chi connectivity index (χ1n) is 4.94. The lowest BCUT2D eigenvalue weighted by molar-refractivity contribution is -0.288. The van der Waals surface area contributed by atoms with Gasteiger partial charge in [-0.3, -0.25) is 4.79 Å². The van der Waals surface area contributed by atoms with Crippen LogP contribution in [-0.4, -0.2) is 65.6 Å². The number of nitrogens with one attached hydrogen (secondary N) is 1. The largest absolute Gasteiger partial charge is 0.388 e. The van der Waals surface area contributed by atoms with Gasteiger partial charge in [-0.1, -0.05) is 0 Å². The van der Waals surface area contributed by atoms with E-state index in [9.17, 15) is 20.1 Å². The highest BCUT2D eigenvalue weighted by molar-refractivity contribution is 5.72. The van der Waals surface area contributed by atoms with Gasteiger partial charge in [0, 0.05) is 20.6 Å². The highest BCUT2D eigenvalue weighted by atomic mass is 16.7. The third-order valence-electron chi connectivity index (χ3n) is 2.45. The van der Waals surface area contributed by atoms with Crippen molar-refractivity contribution in [1.29, 1.82) is 0 Å². The fraction of sp³-hybridized carbons (Fsp3) is 0.889. The van der Waals surface area contributed by atoms with Crippen molar-refractivity contribution in [2.24, 2.45) is 0 Å². The zero-order valence-corrected chi connectivity index (χ0v) is 9.16. The molecule has 0 radical (unpaired) electrons. The number of carbonyl (C=O) groups excluding carboxylic acids is 1. The zero-order valence-electron chi connectivity index (χ0n) is 9.16. The maximum Gasteiger partial charge on any atom is 0.216 e. The number of aliphatic hydroxyl groups is 3. The van der Waals surface area contributed by atoms with Gasteiger partial charge in [-0.2, -0.15) is 0 Å². The van der Waals surface area contributed by atoms with Crippen LogP contribution in [0.5, 0.6) is 0 Å². The first kappa shape index (κ1) is 13.3. The summed E-state index contributed by atoms with van der Waals surface area (Å²) in [4.78, 5) is 10.7. The van der Waals surface area contributed by atoms with Crippen LogP contribution in [-0.2, 0) is 14.3 Å². The van der Waals surface area contributed by atoms with Crippen LogP contribution < -0.4 is 5.32 Å². The van der Waals surface area contributed by atoms with Gasteiger partial charge >= 0.3 is 0 Å². The van der Waals surface area contributed by atoms with Crippen molar-refractivity contribution in [1.82, 2.24) is 5.32 Å². The highest BCUT2D eigenvalue weighted by Gasteiger charge is 2.43. The van der Waals surface area contributed by atoms with Gasteiger partial charge in [0.2, 0.25) is 5.91 Å². The summed E-state index contributed by atoms with van der Waals surface area (Å²) in [6, 6.07) is 0. The van der Waals surface area contributed by atoms with Crippen LogP contribution >= 0.6 is 0 Å². The topological polar surface area (TPSA) is 108 Å². The van der Waals surface area contributed by atoms with Gasteiger partial charge in [0.05, 0.1) is 0 Å². The van der Waals surface area contributed by atoms with Gasteiger partial charge < -0.3 is 30.1 Å². The van der Waals surface area contributed by atoms with Crippen LogP contribution in [0.4, 0.5) is 0 Å². The van der Waals surface area contributed by atoms with Gasteiger partial charge in [0.1, 0.15) is 24.4 Å². The molecule has 1 fully saturated rings. The molecule has 1 rings (SSSR count). The van der Waals surface area contributed by atoms with Crippen molar-refractivity contribution in [3.63, 3.8) is 0 Å². The molecule has 0 aliphatic carbocycles. The second-order valence-electron chi connectivity index (χ2n) is 3.69. The number of amides is 1. The predicted octanol–water partition coefficient (Wildman–Crippen LogP) is -2.42. The van der Waals surface area contributed by atoms with E-state index in [-0.39, 0.29) is 12.5 Å². The molecular weight excluding hydrogens is 218 g/mol. The fourth-order valence-corrected chi connectivity index (χ4v) is 1.52. The average molecular weight is 235 g/mol. The standard InChI is InChI=1S/C9H17NO6/c1-4(11)10-3-5-6(12)7(13)8(14)9(15-2)16-5/h5-9,12-14H,3H2,1-2H3,(H,10,11). The van der Waals surface area contributed by atoms with Crippen molar-refractivity contribution in [2.75, 3.05) is 13.7 Å². The SMILES string of the molecule is COC1OC(CNC(C)=O)C(O)C(O)C1O. The Balaban J connectivity index is 2.60. The first-order chi connectivity index (χ1) is 7.47. The molecule has 1 heterocycles. The molecule has 1 aliphatic heterocycles. The summed E-state index contributed by atoms with van der Waals surface area (Å²) in [7, 11) is 1.31. The minimum atomic E-state index is -1.36. The van der Waals surface area contributed by atoms with E-state index < -0.39 is 30.7 Å². The number of methoxy groups -OCH3 is 1. The molecule has 5 unspecified atom stereocenters. The van der Waals surface area contributed by atoms with Crippen molar-refractivity contribution in [3.8, 4) is 0 Å². The maximum atomic E-state index is 10.7. The van der Waals surface area contributed by atoms with E-state index in [1.54, 1.807) is 0 Å². The van der Waals surface area contributed by atoms with E-state index in [0.717, 1.165) is 0 Å². The normalized spacial score (nSPS) is 39.4. The van der Waals surface area contributed by atoms with Crippen LogP contribution in [0.3, 0.4) is 0 Å². The molecule has 5 atom stereocenters. The second-order valence-corrected chi connectivity index (χ2v) is 3.69. The molecule has 1 aliphatic rings. The lowest BCUT2D eigenvalue weighted by Gasteiger charge is -2.39. The van der Waals surface area contributed by atoms with Crippen LogP contribution in [0.2, 0.25) is 0 Å². The van der Waals surface area contributed by atoms with Crippen molar-refractivity contribution in [3.05, 3.63) is 0 Å². The second kappa shape index (κ2) is 5.55. The quantitative estimate of drug-likeness (QED) is 0.433. The predicted molar refractivity (Wildman–Crippen MR) is 52.4 cm³/mol. The molecule has 0 aromatic rings. The van der Waals surface area contributed by atoms with Crippen LogP contribution in [0.25, 0.3) is 0 Å². The Bertz CT molecular complexity index is 246. The van der Waals surface area contributed by atoms with Gasteiger partial charge in [0.15, 0.2) is 6.29 Å². The average Bonchev–Trinajstić information content (AvgIpc) is 2.25. The molecule has 0 aromatic heterocycles. The molecule has 0 saturated carbocycles. The van der Waals surface area contributed by atoms with E-state index in [1.165, 1.54) is 14.0 Å². The number of hydrogen-bond acceptors (Lipinski definition) is 6. The molecule has 0 bridgehead atoms. The number of carbonyl (C=O) groups is 1. The van der Waals surface area contributed by atoms with Gasteiger partial charge in [-0.15, -0.1) is 0 Å². The molecule has 0 aromatic carbocycles. The molecule has 0 spiro atoms. The first-order valence-corrected chi connectivity index (χ1v) is 4.94. The van der Waals surface area contributed by atoms with Crippen molar-refractivity contribution in [2.45, 2.75) is 37.6 Å². The lowest BCUT2D eigenvalue weighted by atomic mass is 9.99. The molecule has 7 nitrogen and oxygen atoms in total. The molecule has 94 valence electrons. The summed E-state index contributed by atoms with van der Waals surface area (Å²) in [6.45, 7) is 1.37. The van der Waals surface area contributed by atoms with E-state index >= 15 is 0 Å². The molecule has 1 saturated heterocycles. The van der Waals surface area contributed by atoms with E-state index in [1.807, 2.05) is 0 Å². The Morgan fingerprint density at radius 1 is 1.31 bits per heavy atom. The Labute approximate surface area is 93.0 Å². The lowest BCUT2D eigenvalue weighted by Crippen LogP contribution is -2.60. The van der Waals surface area contributed by atoms with Gasteiger partial charge in [-0.25, -0.2) is 0 Å². The smallest absolute Gasteiger partial charge is 0.216 e. The van der Waals surface area contributed by atoms with Crippen molar-refractivity contribution >= 4 is 5.91 Å². The monoisotopic (exact) mass is 235 g/mol. The summed E-state index contributed by atoms with van der Waals surface area (Å²) in [5, 5.41) is 31.0. The van der Waals surface area contributed by atoms with Crippen LogP contribution in [0.1, 0.15) is 6.92 Å². The Kier molecular flexibility index (Phi) is 4.63. The number of hydrogen-bond donors (Lipinski definition) is 4. The fourth-order valence-electron chi connectivity index (χ4n) is 1.52. The summed E-state index contributed by atoms with van der Waals surface area (Å²) in [5.74, 6) is -0.273. The van der Waals surface area contributed by atoms with Gasteiger partial charge in [0.25, 0.3) is 0 Å². The van der Waals surface area contributed by atoms with E-state index in [0.29, 0.717) is 0 Å². The third kappa shape index (κ3) is 2.89. The maximum absolute atomic E-state index is 10.7. The molecule has 1 amide bonds. The number of ether oxygens (including phenoxy) is 2. The third-order valence-corrected chi connectivity index (χ3v) is 2.45. The van der Waals surface area contributed by atoms with Crippen LogP contribution in [0, 0.1) is 0 Å². The molecular formula is C9H17NO6. The minimum Gasteiger partial charge on any atom is -0.388 e. The van der Waals surface area contributed by atoms with Gasteiger partial charge in [-0.05, 0) is 0 Å². The van der Waals surface area contributed by atoms with Crippen molar-refractivity contribution < 1.29 is 29.6 Å². The minimum absolute atomic E-state index is 0.0418. The Morgan fingerprint density at radius 2 is 1.94 bits per heavy atom. The number of rotatable bonds is 3. The zero-order chi connectivity index (χ0) is 12.3. The summed E-state index contributed by atoms with van der Waals surface area (Å²) in [5.41, 5.74) is 0. The molecule has 7 heteroatoms. The number of aliphatic hydroxyl groups excluding tert-OH is 3.